The van der Waals surface area contributed by atoms with Crippen molar-refractivity contribution < 1.29 is 4.79 Å². The Bertz CT molecular complexity index is 693. The van der Waals surface area contributed by atoms with Crippen molar-refractivity contribution in [3.8, 4) is 0 Å². The van der Waals surface area contributed by atoms with Crippen molar-refractivity contribution >= 4 is 6.03 Å². The molecule has 1 unspecified atom stereocenters. The van der Waals surface area contributed by atoms with E-state index in [2.05, 4.69) is 49.4 Å². The molecular formula is C19H22N2O. The zero-order valence-electron chi connectivity index (χ0n) is 13.4. The first-order valence-electron chi connectivity index (χ1n) is 7.71. The highest BCUT2D eigenvalue weighted by Crippen LogP contribution is 2.36. The van der Waals surface area contributed by atoms with E-state index >= 15 is 0 Å². The molecule has 2 amide bonds. The number of carbonyl (C=O) groups is 1. The van der Waals surface area contributed by atoms with Crippen molar-refractivity contribution in [1.29, 1.82) is 0 Å². The van der Waals surface area contributed by atoms with Crippen LogP contribution in [0.25, 0.3) is 0 Å². The molecule has 3 heteroatoms. The molecule has 3 nitrogen and oxygen atoms in total. The van der Waals surface area contributed by atoms with Crippen LogP contribution >= 0.6 is 0 Å². The second-order valence-corrected chi connectivity index (χ2v) is 6.08. The van der Waals surface area contributed by atoms with Gasteiger partial charge in [-0.05, 0) is 35.6 Å². The number of fused-ring (bicyclic) bond motifs is 1. The van der Waals surface area contributed by atoms with Gasteiger partial charge in [0.15, 0.2) is 0 Å². The molecule has 0 radical (unpaired) electrons. The Morgan fingerprint density at radius 3 is 2.36 bits per heavy atom. The number of hydrogen-bond donors (Lipinski definition) is 0. The fourth-order valence-corrected chi connectivity index (χ4v) is 3.26. The van der Waals surface area contributed by atoms with Gasteiger partial charge in [0.2, 0.25) is 0 Å². The summed E-state index contributed by atoms with van der Waals surface area (Å²) in [5.74, 6) is 0. The molecule has 1 heterocycles. The summed E-state index contributed by atoms with van der Waals surface area (Å²) in [5.41, 5.74) is 5.03. The minimum atomic E-state index is 0.000972. The quantitative estimate of drug-likeness (QED) is 0.788. The van der Waals surface area contributed by atoms with Gasteiger partial charge >= 0.3 is 6.03 Å². The molecule has 0 N–H and O–H groups in total. The molecule has 114 valence electrons. The molecule has 0 spiro atoms. The van der Waals surface area contributed by atoms with E-state index in [1.807, 2.05) is 25.1 Å². The van der Waals surface area contributed by atoms with Gasteiger partial charge in [0.25, 0.3) is 0 Å². The summed E-state index contributed by atoms with van der Waals surface area (Å²) < 4.78 is 0. The summed E-state index contributed by atoms with van der Waals surface area (Å²) >= 11 is 0. The number of benzene rings is 2. The highest BCUT2D eigenvalue weighted by atomic mass is 16.2. The molecule has 0 aliphatic carbocycles. The fraction of sp³-hybridized carbons (Fsp3) is 0.316. The molecule has 2 aromatic rings. The van der Waals surface area contributed by atoms with Gasteiger partial charge in [0.05, 0.1) is 6.04 Å². The number of nitrogens with zero attached hydrogens (tertiary/aromatic N) is 2. The first-order chi connectivity index (χ1) is 10.6. The van der Waals surface area contributed by atoms with Crippen LogP contribution in [0.4, 0.5) is 4.79 Å². The van der Waals surface area contributed by atoms with E-state index in [-0.39, 0.29) is 12.1 Å². The number of aryl methyl sites for hydroxylation is 1. The Labute approximate surface area is 132 Å². The average molecular weight is 294 g/mol. The van der Waals surface area contributed by atoms with Gasteiger partial charge < -0.3 is 9.80 Å². The lowest BCUT2D eigenvalue weighted by atomic mass is 9.86. The normalized spacial score (nSPS) is 17.0. The molecule has 1 aliphatic rings. The summed E-state index contributed by atoms with van der Waals surface area (Å²) in [7, 11) is 3.63. The van der Waals surface area contributed by atoms with Crippen molar-refractivity contribution in [2.45, 2.75) is 19.4 Å². The molecule has 3 rings (SSSR count). The lowest BCUT2D eigenvalue weighted by Gasteiger charge is -2.39. The molecule has 2 aromatic carbocycles. The van der Waals surface area contributed by atoms with Gasteiger partial charge in [0.1, 0.15) is 0 Å². The molecule has 0 saturated heterocycles. The highest BCUT2D eigenvalue weighted by molar-refractivity contribution is 5.75. The Balaban J connectivity index is 2.14. The molecule has 0 aromatic heterocycles. The van der Waals surface area contributed by atoms with Crippen LogP contribution in [0.2, 0.25) is 0 Å². The third kappa shape index (κ3) is 2.47. The summed E-state index contributed by atoms with van der Waals surface area (Å²) in [5, 5.41) is 0. The van der Waals surface area contributed by atoms with Gasteiger partial charge in [-0.1, -0.05) is 48.5 Å². The monoisotopic (exact) mass is 294 g/mol. The zero-order valence-corrected chi connectivity index (χ0v) is 13.4. The molecule has 1 aliphatic heterocycles. The number of rotatable bonds is 1. The van der Waals surface area contributed by atoms with E-state index in [1.54, 1.807) is 4.90 Å². The van der Waals surface area contributed by atoms with Crippen LogP contribution < -0.4 is 0 Å². The van der Waals surface area contributed by atoms with Crippen LogP contribution in [-0.2, 0) is 6.42 Å². The van der Waals surface area contributed by atoms with Crippen LogP contribution in [-0.4, -0.2) is 36.5 Å². The Kier molecular flexibility index (Phi) is 3.88. The number of amides is 2. The Hall–Kier alpha value is -2.29. The maximum Gasteiger partial charge on any atom is 0.320 e. The Morgan fingerprint density at radius 1 is 1.05 bits per heavy atom. The molecular weight excluding hydrogens is 272 g/mol. The summed E-state index contributed by atoms with van der Waals surface area (Å²) in [4.78, 5) is 16.3. The second kappa shape index (κ2) is 5.84. The highest BCUT2D eigenvalue weighted by Gasteiger charge is 2.33. The lowest BCUT2D eigenvalue weighted by molar-refractivity contribution is 0.154. The van der Waals surface area contributed by atoms with Gasteiger partial charge in [-0.3, -0.25) is 0 Å². The largest absolute Gasteiger partial charge is 0.331 e. The van der Waals surface area contributed by atoms with E-state index in [4.69, 9.17) is 0 Å². The topological polar surface area (TPSA) is 23.6 Å². The smallest absolute Gasteiger partial charge is 0.320 e. The first-order valence-corrected chi connectivity index (χ1v) is 7.71. The number of hydrogen-bond acceptors (Lipinski definition) is 1. The molecule has 0 fully saturated rings. The zero-order chi connectivity index (χ0) is 15.7. The molecule has 0 bridgehead atoms. The fourth-order valence-electron chi connectivity index (χ4n) is 3.26. The maximum absolute atomic E-state index is 12.7. The molecule has 0 saturated carbocycles. The minimum absolute atomic E-state index is 0.000972. The first kappa shape index (κ1) is 14.6. The van der Waals surface area contributed by atoms with E-state index < -0.39 is 0 Å². The lowest BCUT2D eigenvalue weighted by Crippen LogP contribution is -2.45. The van der Waals surface area contributed by atoms with Crippen LogP contribution in [0.15, 0.2) is 48.5 Å². The molecule has 22 heavy (non-hydrogen) atoms. The maximum atomic E-state index is 12.7. The number of urea groups is 1. The van der Waals surface area contributed by atoms with E-state index in [0.29, 0.717) is 0 Å². The van der Waals surface area contributed by atoms with Crippen LogP contribution in [0, 0.1) is 6.92 Å². The van der Waals surface area contributed by atoms with Gasteiger partial charge in [-0.2, -0.15) is 0 Å². The van der Waals surface area contributed by atoms with E-state index in [9.17, 15) is 4.79 Å². The Morgan fingerprint density at radius 2 is 1.68 bits per heavy atom. The molecule has 1 atom stereocenters. The standard InChI is InChI=1S/C19H22N2O/c1-14-8-4-6-10-16(14)18-17-11-7-5-9-15(17)12-13-21(18)19(22)20(2)3/h4-11,18H,12-13H2,1-3H3. The van der Waals surface area contributed by atoms with Crippen LogP contribution in [0.1, 0.15) is 28.3 Å². The summed E-state index contributed by atoms with van der Waals surface area (Å²) in [6.45, 7) is 2.87. The third-order valence-corrected chi connectivity index (χ3v) is 4.39. The van der Waals surface area contributed by atoms with Gasteiger partial charge in [-0.25, -0.2) is 4.79 Å². The van der Waals surface area contributed by atoms with Gasteiger partial charge in [0, 0.05) is 20.6 Å². The SMILES string of the molecule is Cc1ccccc1C1c2ccccc2CCN1C(=O)N(C)C. The number of carbonyl (C=O) groups excluding carboxylic acids is 1. The predicted molar refractivity (Wildman–Crippen MR) is 89.0 cm³/mol. The summed E-state index contributed by atoms with van der Waals surface area (Å²) in [6, 6.07) is 16.9. The average Bonchev–Trinajstić information content (AvgIpc) is 2.53. The van der Waals surface area contributed by atoms with Crippen LogP contribution in [0.5, 0.6) is 0 Å². The van der Waals surface area contributed by atoms with Crippen molar-refractivity contribution in [3.63, 3.8) is 0 Å². The van der Waals surface area contributed by atoms with E-state index in [1.165, 1.54) is 22.3 Å². The summed E-state index contributed by atoms with van der Waals surface area (Å²) in [6.07, 6.45) is 0.915. The van der Waals surface area contributed by atoms with Crippen molar-refractivity contribution in [3.05, 3.63) is 70.8 Å². The van der Waals surface area contributed by atoms with Crippen LogP contribution in [0.3, 0.4) is 0 Å². The van der Waals surface area contributed by atoms with Crippen molar-refractivity contribution in [2.24, 2.45) is 0 Å². The van der Waals surface area contributed by atoms with Gasteiger partial charge in [-0.15, -0.1) is 0 Å². The van der Waals surface area contributed by atoms with Crippen molar-refractivity contribution in [1.82, 2.24) is 9.80 Å². The van der Waals surface area contributed by atoms with E-state index in [0.717, 1.165) is 13.0 Å². The van der Waals surface area contributed by atoms with Crippen molar-refractivity contribution in [2.75, 3.05) is 20.6 Å². The second-order valence-electron chi connectivity index (χ2n) is 6.08. The third-order valence-electron chi connectivity index (χ3n) is 4.39. The predicted octanol–water partition coefficient (Wildman–Crippen LogP) is 3.62. The minimum Gasteiger partial charge on any atom is -0.331 e.